The smallest absolute Gasteiger partial charge is 0.165 e. The van der Waals surface area contributed by atoms with Crippen molar-refractivity contribution < 1.29 is 4.74 Å². The number of ether oxygens (including phenoxy) is 1. The summed E-state index contributed by atoms with van der Waals surface area (Å²) in [4.78, 5) is 6.08. The van der Waals surface area contributed by atoms with Gasteiger partial charge in [0.25, 0.3) is 0 Å². The first-order chi connectivity index (χ1) is 7.69. The number of nitrogen functional groups attached to an aromatic ring is 1. The van der Waals surface area contributed by atoms with E-state index in [9.17, 15) is 0 Å². The molecule has 0 unspecified atom stereocenters. The predicted molar refractivity (Wildman–Crippen MR) is 63.1 cm³/mol. The molecule has 5 nitrogen and oxygen atoms in total. The predicted octanol–water partition coefficient (Wildman–Crippen LogP) is 1.01. The van der Waals surface area contributed by atoms with Gasteiger partial charge in [-0.2, -0.15) is 5.26 Å². The highest BCUT2D eigenvalue weighted by Crippen LogP contribution is 2.14. The molecule has 0 bridgehead atoms. The van der Waals surface area contributed by atoms with E-state index >= 15 is 0 Å². The zero-order valence-corrected chi connectivity index (χ0v) is 9.60. The van der Waals surface area contributed by atoms with E-state index in [1.54, 1.807) is 12.1 Å². The standard InChI is InChI=1S/C11H16N4O/c1-3-16-7-6-15(2)11-5-4-9(13)10(8-12)14-11/h4-5H,3,6-7,13H2,1-2H3. The maximum absolute atomic E-state index is 8.80. The summed E-state index contributed by atoms with van der Waals surface area (Å²) in [6, 6.07) is 5.45. The first-order valence-electron chi connectivity index (χ1n) is 5.14. The maximum atomic E-state index is 8.80. The number of nitriles is 1. The first kappa shape index (κ1) is 12.3. The van der Waals surface area contributed by atoms with Gasteiger partial charge in [0.1, 0.15) is 11.9 Å². The van der Waals surface area contributed by atoms with Crippen LogP contribution in [0.25, 0.3) is 0 Å². The molecule has 0 radical (unpaired) electrons. The summed E-state index contributed by atoms with van der Waals surface area (Å²) in [5.74, 6) is 0.727. The summed E-state index contributed by atoms with van der Waals surface area (Å²) in [6.07, 6.45) is 0. The molecule has 0 aliphatic carbocycles. The van der Waals surface area contributed by atoms with Crippen LogP contribution >= 0.6 is 0 Å². The number of pyridine rings is 1. The second-order valence-electron chi connectivity index (χ2n) is 3.34. The first-order valence-corrected chi connectivity index (χ1v) is 5.14. The lowest BCUT2D eigenvalue weighted by Gasteiger charge is -2.18. The Kier molecular flexibility index (Phi) is 4.55. The number of nitrogens with two attached hydrogens (primary N) is 1. The largest absolute Gasteiger partial charge is 0.396 e. The number of likely N-dealkylation sites (N-methyl/N-ethyl adjacent to an activating group) is 1. The number of aromatic nitrogens is 1. The van der Waals surface area contributed by atoms with Crippen molar-refractivity contribution in [2.75, 3.05) is 37.4 Å². The molecule has 0 aromatic carbocycles. The normalized spacial score (nSPS) is 9.81. The highest BCUT2D eigenvalue weighted by molar-refractivity contribution is 5.55. The molecule has 0 saturated heterocycles. The van der Waals surface area contributed by atoms with Crippen molar-refractivity contribution in [1.82, 2.24) is 4.98 Å². The third-order valence-corrected chi connectivity index (χ3v) is 2.18. The van der Waals surface area contributed by atoms with E-state index in [4.69, 9.17) is 15.7 Å². The van der Waals surface area contributed by atoms with E-state index in [0.717, 1.165) is 12.4 Å². The van der Waals surface area contributed by atoms with E-state index < -0.39 is 0 Å². The Hall–Kier alpha value is -1.80. The molecule has 86 valence electrons. The molecule has 16 heavy (non-hydrogen) atoms. The average molecular weight is 220 g/mol. The lowest BCUT2D eigenvalue weighted by atomic mass is 10.3. The Balaban J connectivity index is 2.69. The fraction of sp³-hybridized carbons (Fsp3) is 0.455. The quantitative estimate of drug-likeness (QED) is 0.749. The molecule has 0 atom stereocenters. The van der Waals surface area contributed by atoms with E-state index in [1.165, 1.54) is 0 Å². The summed E-state index contributed by atoms with van der Waals surface area (Å²) in [6.45, 7) is 4.03. The average Bonchev–Trinajstić information content (AvgIpc) is 2.30. The van der Waals surface area contributed by atoms with Crippen molar-refractivity contribution >= 4 is 11.5 Å². The second kappa shape index (κ2) is 5.93. The van der Waals surface area contributed by atoms with E-state index in [1.807, 2.05) is 24.9 Å². The molecule has 0 spiro atoms. The van der Waals surface area contributed by atoms with Crippen LogP contribution in [0.4, 0.5) is 11.5 Å². The summed E-state index contributed by atoms with van der Waals surface area (Å²) in [5.41, 5.74) is 6.27. The third-order valence-electron chi connectivity index (χ3n) is 2.18. The lowest BCUT2D eigenvalue weighted by molar-refractivity contribution is 0.154. The summed E-state index contributed by atoms with van der Waals surface area (Å²) in [7, 11) is 1.90. The number of rotatable bonds is 5. The second-order valence-corrected chi connectivity index (χ2v) is 3.34. The molecule has 2 N–H and O–H groups in total. The van der Waals surface area contributed by atoms with Gasteiger partial charge in [-0.15, -0.1) is 0 Å². The molecule has 0 aliphatic rings. The van der Waals surface area contributed by atoms with Crippen molar-refractivity contribution in [3.05, 3.63) is 17.8 Å². The van der Waals surface area contributed by atoms with E-state index in [2.05, 4.69) is 4.98 Å². The zero-order chi connectivity index (χ0) is 12.0. The van der Waals surface area contributed by atoms with Gasteiger partial charge in [0.15, 0.2) is 5.69 Å². The van der Waals surface area contributed by atoms with Crippen molar-refractivity contribution in [2.45, 2.75) is 6.92 Å². The number of anilines is 2. The topological polar surface area (TPSA) is 75.2 Å². The SMILES string of the molecule is CCOCCN(C)c1ccc(N)c(C#N)n1. The minimum absolute atomic E-state index is 0.265. The van der Waals surface area contributed by atoms with Gasteiger partial charge in [-0.1, -0.05) is 0 Å². The Labute approximate surface area is 95.4 Å². The van der Waals surface area contributed by atoms with Crippen LogP contribution in [0.15, 0.2) is 12.1 Å². The van der Waals surface area contributed by atoms with Gasteiger partial charge in [0.05, 0.1) is 12.3 Å². The molecule has 1 aromatic heterocycles. The Morgan fingerprint density at radius 3 is 2.94 bits per heavy atom. The van der Waals surface area contributed by atoms with Gasteiger partial charge in [-0.3, -0.25) is 0 Å². The van der Waals surface area contributed by atoms with Crippen LogP contribution in [-0.4, -0.2) is 31.8 Å². The highest BCUT2D eigenvalue weighted by atomic mass is 16.5. The third kappa shape index (κ3) is 3.11. The molecule has 0 amide bonds. The molecular weight excluding hydrogens is 204 g/mol. The fourth-order valence-corrected chi connectivity index (χ4v) is 1.22. The van der Waals surface area contributed by atoms with Crippen LogP contribution < -0.4 is 10.6 Å². The molecule has 5 heteroatoms. The van der Waals surface area contributed by atoms with Gasteiger partial charge in [-0.25, -0.2) is 4.98 Å². The summed E-state index contributed by atoms with van der Waals surface area (Å²) in [5, 5.41) is 8.80. The molecule has 1 rings (SSSR count). The van der Waals surface area contributed by atoms with E-state index in [-0.39, 0.29) is 5.69 Å². The van der Waals surface area contributed by atoms with Crippen LogP contribution in [-0.2, 0) is 4.74 Å². The van der Waals surface area contributed by atoms with Gasteiger partial charge in [0, 0.05) is 20.2 Å². The lowest BCUT2D eigenvalue weighted by Crippen LogP contribution is -2.23. The summed E-state index contributed by atoms with van der Waals surface area (Å²) < 4.78 is 5.25. The maximum Gasteiger partial charge on any atom is 0.165 e. The fourth-order valence-electron chi connectivity index (χ4n) is 1.22. The Morgan fingerprint density at radius 1 is 1.56 bits per heavy atom. The van der Waals surface area contributed by atoms with Crippen LogP contribution in [0.2, 0.25) is 0 Å². The number of hydrogen-bond donors (Lipinski definition) is 1. The van der Waals surface area contributed by atoms with Crippen molar-refractivity contribution in [3.63, 3.8) is 0 Å². The van der Waals surface area contributed by atoms with Crippen molar-refractivity contribution in [2.24, 2.45) is 0 Å². The molecule has 0 fully saturated rings. The number of nitrogens with zero attached hydrogens (tertiary/aromatic N) is 3. The van der Waals surface area contributed by atoms with Gasteiger partial charge < -0.3 is 15.4 Å². The van der Waals surface area contributed by atoms with Crippen molar-refractivity contribution in [1.29, 1.82) is 5.26 Å². The monoisotopic (exact) mass is 220 g/mol. The highest BCUT2D eigenvalue weighted by Gasteiger charge is 2.05. The van der Waals surface area contributed by atoms with Crippen molar-refractivity contribution in [3.8, 4) is 6.07 Å². The van der Waals surface area contributed by atoms with Gasteiger partial charge in [-0.05, 0) is 19.1 Å². The van der Waals surface area contributed by atoms with Gasteiger partial charge in [0.2, 0.25) is 0 Å². The zero-order valence-electron chi connectivity index (χ0n) is 9.60. The van der Waals surface area contributed by atoms with E-state index in [0.29, 0.717) is 18.9 Å². The summed E-state index contributed by atoms with van der Waals surface area (Å²) >= 11 is 0. The van der Waals surface area contributed by atoms with Crippen LogP contribution in [0.1, 0.15) is 12.6 Å². The van der Waals surface area contributed by atoms with Crippen LogP contribution in [0.3, 0.4) is 0 Å². The Bertz CT molecular complexity index is 386. The minimum atomic E-state index is 0.265. The Morgan fingerprint density at radius 2 is 2.31 bits per heavy atom. The molecular formula is C11H16N4O. The minimum Gasteiger partial charge on any atom is -0.396 e. The van der Waals surface area contributed by atoms with Crippen LogP contribution in [0.5, 0.6) is 0 Å². The number of hydrogen-bond acceptors (Lipinski definition) is 5. The van der Waals surface area contributed by atoms with Gasteiger partial charge >= 0.3 is 0 Å². The molecule has 0 aliphatic heterocycles. The molecule has 1 heterocycles. The van der Waals surface area contributed by atoms with Crippen LogP contribution in [0, 0.1) is 11.3 Å². The molecule has 1 aromatic rings. The molecule has 0 saturated carbocycles.